The smallest absolute Gasteiger partial charge is 0.261 e. The fourth-order valence-electron chi connectivity index (χ4n) is 3.08. The summed E-state index contributed by atoms with van der Waals surface area (Å²) >= 11 is 6.16. The molecular weight excluding hydrogens is 402 g/mol. The molecule has 0 saturated carbocycles. The summed E-state index contributed by atoms with van der Waals surface area (Å²) in [5.41, 5.74) is 0.673. The molecule has 4 aromatic rings. The molecule has 30 heavy (non-hydrogen) atoms. The van der Waals surface area contributed by atoms with E-state index in [4.69, 9.17) is 20.9 Å². The van der Waals surface area contributed by atoms with E-state index in [2.05, 4.69) is 15.5 Å². The number of fused-ring (bicyclic) bond motifs is 1. The van der Waals surface area contributed by atoms with Crippen molar-refractivity contribution in [3.63, 3.8) is 0 Å². The number of benzene rings is 3. The minimum atomic E-state index is -0.628. The van der Waals surface area contributed by atoms with Crippen LogP contribution in [0.1, 0.15) is 19.2 Å². The van der Waals surface area contributed by atoms with Crippen LogP contribution in [0.15, 0.2) is 71.3 Å². The highest BCUT2D eigenvalue weighted by Gasteiger charge is 2.20. The number of carbonyl (C=O) groups excluding carboxylic acids is 1. The SMILES string of the molecule is CCC(Oc1ccc2ccccc2c1)C(=O)NCc1nc(-c2ccccc2Cl)no1. The van der Waals surface area contributed by atoms with Gasteiger partial charge in [-0.05, 0) is 41.5 Å². The Balaban J connectivity index is 1.39. The number of amides is 1. The molecule has 7 heteroatoms. The predicted octanol–water partition coefficient (Wildman–Crippen LogP) is 5.02. The third kappa shape index (κ3) is 4.44. The summed E-state index contributed by atoms with van der Waals surface area (Å²) in [6, 6.07) is 21.0. The number of ether oxygens (including phenoxy) is 1. The van der Waals surface area contributed by atoms with Crippen molar-refractivity contribution in [2.24, 2.45) is 0 Å². The third-order valence-electron chi connectivity index (χ3n) is 4.66. The van der Waals surface area contributed by atoms with E-state index < -0.39 is 6.10 Å². The molecule has 0 aliphatic carbocycles. The molecule has 1 heterocycles. The van der Waals surface area contributed by atoms with Crippen molar-refractivity contribution in [3.8, 4) is 17.1 Å². The molecule has 0 bridgehead atoms. The number of halogens is 1. The predicted molar refractivity (Wildman–Crippen MR) is 115 cm³/mol. The van der Waals surface area contributed by atoms with Crippen molar-refractivity contribution in [2.75, 3.05) is 0 Å². The van der Waals surface area contributed by atoms with Gasteiger partial charge in [0, 0.05) is 5.56 Å². The Morgan fingerprint density at radius 1 is 1.10 bits per heavy atom. The van der Waals surface area contributed by atoms with E-state index in [1.54, 1.807) is 12.1 Å². The van der Waals surface area contributed by atoms with E-state index >= 15 is 0 Å². The molecule has 4 rings (SSSR count). The summed E-state index contributed by atoms with van der Waals surface area (Å²) in [7, 11) is 0. The van der Waals surface area contributed by atoms with Crippen LogP contribution in [0.5, 0.6) is 5.75 Å². The van der Waals surface area contributed by atoms with Gasteiger partial charge in [0.25, 0.3) is 5.91 Å². The average molecular weight is 422 g/mol. The van der Waals surface area contributed by atoms with Gasteiger partial charge >= 0.3 is 0 Å². The molecule has 0 spiro atoms. The molecule has 0 fully saturated rings. The van der Waals surface area contributed by atoms with Crippen molar-refractivity contribution < 1.29 is 14.1 Å². The van der Waals surface area contributed by atoms with Crippen LogP contribution in [0.3, 0.4) is 0 Å². The summed E-state index contributed by atoms with van der Waals surface area (Å²) in [6.07, 6.45) is -0.106. The van der Waals surface area contributed by atoms with Gasteiger partial charge in [0.1, 0.15) is 5.75 Å². The number of nitrogens with zero attached hydrogens (tertiary/aromatic N) is 2. The van der Waals surface area contributed by atoms with E-state index in [0.29, 0.717) is 34.5 Å². The van der Waals surface area contributed by atoms with Crippen molar-refractivity contribution in [1.82, 2.24) is 15.5 Å². The van der Waals surface area contributed by atoms with E-state index in [1.807, 2.05) is 61.5 Å². The topological polar surface area (TPSA) is 77.2 Å². The summed E-state index contributed by atoms with van der Waals surface area (Å²) in [4.78, 5) is 16.9. The second-order valence-electron chi connectivity index (χ2n) is 6.73. The Hall–Kier alpha value is -3.38. The van der Waals surface area contributed by atoms with Gasteiger partial charge in [0.2, 0.25) is 11.7 Å². The van der Waals surface area contributed by atoms with Crippen LogP contribution in [0.4, 0.5) is 0 Å². The minimum absolute atomic E-state index is 0.105. The lowest BCUT2D eigenvalue weighted by molar-refractivity contribution is -0.128. The standard InChI is InChI=1S/C23H20ClN3O3/c1-2-20(29-17-12-11-15-7-3-4-8-16(15)13-17)23(28)25-14-21-26-22(27-30-21)18-9-5-6-10-19(18)24/h3-13,20H,2,14H2,1H3,(H,25,28). The Bertz CT molecular complexity index is 1180. The van der Waals surface area contributed by atoms with Gasteiger partial charge in [0.15, 0.2) is 6.10 Å². The van der Waals surface area contributed by atoms with Crippen molar-refractivity contribution in [2.45, 2.75) is 26.0 Å². The first-order valence-corrected chi connectivity index (χ1v) is 10.0. The molecule has 0 radical (unpaired) electrons. The largest absolute Gasteiger partial charge is 0.481 e. The highest BCUT2D eigenvalue weighted by molar-refractivity contribution is 6.33. The van der Waals surface area contributed by atoms with Gasteiger partial charge in [-0.1, -0.05) is 66.1 Å². The lowest BCUT2D eigenvalue weighted by Gasteiger charge is -2.17. The first-order chi connectivity index (χ1) is 14.6. The van der Waals surface area contributed by atoms with Crippen LogP contribution in [0.25, 0.3) is 22.2 Å². The Kier molecular flexibility index (Phi) is 5.95. The maximum atomic E-state index is 12.6. The summed E-state index contributed by atoms with van der Waals surface area (Å²) < 4.78 is 11.1. The van der Waals surface area contributed by atoms with Crippen LogP contribution in [-0.4, -0.2) is 22.2 Å². The van der Waals surface area contributed by atoms with Crippen LogP contribution < -0.4 is 10.1 Å². The molecule has 1 N–H and O–H groups in total. The molecule has 1 unspecified atom stereocenters. The molecule has 6 nitrogen and oxygen atoms in total. The highest BCUT2D eigenvalue weighted by atomic mass is 35.5. The third-order valence-corrected chi connectivity index (χ3v) is 4.99. The van der Waals surface area contributed by atoms with Gasteiger partial charge in [-0.15, -0.1) is 0 Å². The zero-order chi connectivity index (χ0) is 20.9. The lowest BCUT2D eigenvalue weighted by Crippen LogP contribution is -2.37. The minimum Gasteiger partial charge on any atom is -0.481 e. The molecule has 152 valence electrons. The molecule has 0 aliphatic rings. The Morgan fingerprint density at radius 3 is 2.67 bits per heavy atom. The second-order valence-corrected chi connectivity index (χ2v) is 7.14. The van der Waals surface area contributed by atoms with E-state index in [1.165, 1.54) is 0 Å². The number of rotatable bonds is 7. The van der Waals surface area contributed by atoms with Crippen LogP contribution in [0, 0.1) is 0 Å². The maximum Gasteiger partial charge on any atom is 0.261 e. The molecular formula is C23H20ClN3O3. The highest BCUT2D eigenvalue weighted by Crippen LogP contribution is 2.25. The van der Waals surface area contributed by atoms with E-state index in [-0.39, 0.29) is 12.5 Å². The molecule has 1 amide bonds. The van der Waals surface area contributed by atoms with Crippen LogP contribution >= 0.6 is 11.6 Å². The molecule has 0 saturated heterocycles. The molecule has 3 aromatic carbocycles. The zero-order valence-corrected chi connectivity index (χ0v) is 17.1. The van der Waals surface area contributed by atoms with Gasteiger partial charge in [-0.3, -0.25) is 4.79 Å². The molecule has 1 atom stereocenters. The van der Waals surface area contributed by atoms with Gasteiger partial charge in [-0.25, -0.2) is 0 Å². The fourth-order valence-corrected chi connectivity index (χ4v) is 3.30. The normalized spacial score (nSPS) is 11.9. The molecule has 0 aliphatic heterocycles. The van der Waals surface area contributed by atoms with Gasteiger partial charge in [-0.2, -0.15) is 4.98 Å². The number of aromatic nitrogens is 2. The average Bonchev–Trinajstić information content (AvgIpc) is 3.25. The van der Waals surface area contributed by atoms with Crippen molar-refractivity contribution in [1.29, 1.82) is 0 Å². The van der Waals surface area contributed by atoms with Gasteiger partial charge < -0.3 is 14.6 Å². The summed E-state index contributed by atoms with van der Waals surface area (Å²) in [5.74, 6) is 1.07. The Labute approximate surface area is 178 Å². The monoisotopic (exact) mass is 421 g/mol. The van der Waals surface area contributed by atoms with Crippen LogP contribution in [-0.2, 0) is 11.3 Å². The summed E-state index contributed by atoms with van der Waals surface area (Å²) in [6.45, 7) is 2.00. The van der Waals surface area contributed by atoms with Crippen molar-refractivity contribution in [3.05, 3.63) is 77.6 Å². The number of nitrogens with one attached hydrogen (secondary N) is 1. The first-order valence-electron chi connectivity index (χ1n) is 9.64. The summed E-state index contributed by atoms with van der Waals surface area (Å²) in [5, 5.41) is 9.44. The number of hydrogen-bond donors (Lipinski definition) is 1. The van der Waals surface area contributed by atoms with E-state index in [0.717, 1.165) is 10.8 Å². The lowest BCUT2D eigenvalue weighted by atomic mass is 10.1. The fraction of sp³-hybridized carbons (Fsp3) is 0.174. The Morgan fingerprint density at radius 2 is 1.87 bits per heavy atom. The maximum absolute atomic E-state index is 12.6. The molecule has 1 aromatic heterocycles. The zero-order valence-electron chi connectivity index (χ0n) is 16.3. The number of hydrogen-bond acceptors (Lipinski definition) is 5. The second kappa shape index (κ2) is 8.97. The van der Waals surface area contributed by atoms with Gasteiger partial charge in [0.05, 0.1) is 11.6 Å². The number of carbonyl (C=O) groups is 1. The van der Waals surface area contributed by atoms with Crippen molar-refractivity contribution >= 4 is 28.3 Å². The quantitative estimate of drug-likeness (QED) is 0.453. The first kappa shape index (κ1) is 19.9. The van der Waals surface area contributed by atoms with Crippen LogP contribution in [0.2, 0.25) is 5.02 Å². The van der Waals surface area contributed by atoms with E-state index in [9.17, 15) is 4.79 Å².